The maximum Gasteiger partial charge on any atom is 0.254 e. The maximum absolute atomic E-state index is 11.4. The van der Waals surface area contributed by atoms with E-state index >= 15 is 0 Å². The molecule has 1 aliphatic heterocycles. The van der Waals surface area contributed by atoms with E-state index < -0.39 is 5.91 Å². The number of hydrogen-bond donors (Lipinski definition) is 2. The van der Waals surface area contributed by atoms with Crippen molar-refractivity contribution in [3.8, 4) is 5.75 Å². The summed E-state index contributed by atoms with van der Waals surface area (Å²) in [6.45, 7) is 3.39. The molecule has 1 amide bonds. The standard InChI is InChI=1S/C15H18N4O2/c1-2-21-11-5-3-10(4-6-11)13-7-8-17-15-12(14(16)20)9-18-19(13)15/h3-6,9,13,17H,2,7-8H2,1H3,(H2,16,20). The molecule has 2 heterocycles. The summed E-state index contributed by atoms with van der Waals surface area (Å²) < 4.78 is 7.29. The maximum atomic E-state index is 11.4. The zero-order chi connectivity index (χ0) is 14.8. The van der Waals surface area contributed by atoms with Gasteiger partial charge in [-0.15, -0.1) is 0 Å². The fraction of sp³-hybridized carbons (Fsp3) is 0.333. The molecule has 0 spiro atoms. The van der Waals surface area contributed by atoms with Crippen LogP contribution in [0.3, 0.4) is 0 Å². The average Bonchev–Trinajstić information content (AvgIpc) is 2.92. The molecule has 0 saturated heterocycles. The molecule has 0 bridgehead atoms. The van der Waals surface area contributed by atoms with Crippen molar-refractivity contribution >= 4 is 11.7 Å². The minimum Gasteiger partial charge on any atom is -0.494 e. The molecule has 2 aromatic rings. The van der Waals surface area contributed by atoms with E-state index in [4.69, 9.17) is 10.5 Å². The summed E-state index contributed by atoms with van der Waals surface area (Å²) in [7, 11) is 0. The van der Waals surface area contributed by atoms with Gasteiger partial charge in [-0.05, 0) is 31.0 Å². The molecule has 0 fully saturated rings. The lowest BCUT2D eigenvalue weighted by molar-refractivity contribution is 0.100. The van der Waals surface area contributed by atoms with Crippen LogP contribution in [0.4, 0.5) is 5.82 Å². The lowest BCUT2D eigenvalue weighted by Gasteiger charge is -2.26. The van der Waals surface area contributed by atoms with Crippen LogP contribution in [0.2, 0.25) is 0 Å². The van der Waals surface area contributed by atoms with E-state index in [-0.39, 0.29) is 6.04 Å². The summed E-state index contributed by atoms with van der Waals surface area (Å²) in [4.78, 5) is 11.4. The van der Waals surface area contributed by atoms with E-state index in [1.54, 1.807) is 0 Å². The molecule has 1 atom stereocenters. The minimum absolute atomic E-state index is 0.102. The summed E-state index contributed by atoms with van der Waals surface area (Å²) in [6, 6.07) is 8.09. The molecule has 3 rings (SSSR count). The van der Waals surface area contributed by atoms with Gasteiger partial charge in [-0.25, -0.2) is 4.68 Å². The third-order valence-corrected chi connectivity index (χ3v) is 3.64. The van der Waals surface area contributed by atoms with Gasteiger partial charge in [-0.1, -0.05) is 12.1 Å². The topological polar surface area (TPSA) is 82.2 Å². The van der Waals surface area contributed by atoms with Gasteiger partial charge >= 0.3 is 0 Å². The Bertz CT molecular complexity index is 648. The van der Waals surface area contributed by atoms with Gasteiger partial charge in [0, 0.05) is 6.54 Å². The highest BCUT2D eigenvalue weighted by Gasteiger charge is 2.26. The highest BCUT2D eigenvalue weighted by molar-refractivity contribution is 5.97. The average molecular weight is 286 g/mol. The molecular weight excluding hydrogens is 268 g/mol. The lowest BCUT2D eigenvalue weighted by Crippen LogP contribution is -2.26. The number of benzene rings is 1. The largest absolute Gasteiger partial charge is 0.494 e. The van der Waals surface area contributed by atoms with E-state index in [0.717, 1.165) is 24.3 Å². The SMILES string of the molecule is CCOc1ccc(C2CCNc3c(C(N)=O)cnn32)cc1. The van der Waals surface area contributed by atoms with Crippen molar-refractivity contribution in [1.29, 1.82) is 0 Å². The Morgan fingerprint density at radius 2 is 2.24 bits per heavy atom. The predicted molar refractivity (Wildman–Crippen MR) is 79.6 cm³/mol. The number of nitrogens with one attached hydrogen (secondary N) is 1. The molecule has 0 radical (unpaired) electrons. The molecule has 3 N–H and O–H groups in total. The first kappa shape index (κ1) is 13.5. The van der Waals surface area contributed by atoms with Crippen LogP contribution in [0.1, 0.15) is 35.3 Å². The Morgan fingerprint density at radius 1 is 1.48 bits per heavy atom. The van der Waals surface area contributed by atoms with Crippen LogP contribution in [0.15, 0.2) is 30.5 Å². The Hall–Kier alpha value is -2.50. The van der Waals surface area contributed by atoms with Gasteiger partial charge in [-0.2, -0.15) is 5.10 Å². The summed E-state index contributed by atoms with van der Waals surface area (Å²) in [6.07, 6.45) is 2.43. The van der Waals surface area contributed by atoms with E-state index in [1.165, 1.54) is 6.20 Å². The number of nitrogens with two attached hydrogens (primary N) is 1. The van der Waals surface area contributed by atoms with Crippen LogP contribution < -0.4 is 15.8 Å². The number of nitrogens with zero attached hydrogens (tertiary/aromatic N) is 2. The molecule has 1 aliphatic rings. The van der Waals surface area contributed by atoms with Crippen LogP contribution in [0.25, 0.3) is 0 Å². The highest BCUT2D eigenvalue weighted by atomic mass is 16.5. The van der Waals surface area contributed by atoms with Gasteiger partial charge in [-0.3, -0.25) is 4.79 Å². The second-order valence-electron chi connectivity index (χ2n) is 4.95. The number of ether oxygens (including phenoxy) is 1. The molecule has 0 saturated carbocycles. The molecule has 6 heteroatoms. The van der Waals surface area contributed by atoms with E-state index in [9.17, 15) is 4.79 Å². The molecule has 1 aromatic heterocycles. The fourth-order valence-electron chi connectivity index (χ4n) is 2.67. The fourth-order valence-corrected chi connectivity index (χ4v) is 2.67. The van der Waals surface area contributed by atoms with Crippen molar-refractivity contribution < 1.29 is 9.53 Å². The molecular formula is C15H18N4O2. The molecule has 21 heavy (non-hydrogen) atoms. The van der Waals surface area contributed by atoms with Crippen molar-refractivity contribution in [2.75, 3.05) is 18.5 Å². The first-order chi connectivity index (χ1) is 10.2. The van der Waals surface area contributed by atoms with Crippen molar-refractivity contribution in [2.24, 2.45) is 5.73 Å². The zero-order valence-corrected chi connectivity index (χ0v) is 11.9. The normalized spacial score (nSPS) is 16.9. The molecule has 1 unspecified atom stereocenters. The quantitative estimate of drug-likeness (QED) is 0.897. The summed E-state index contributed by atoms with van der Waals surface area (Å²) in [5.74, 6) is 1.09. The van der Waals surface area contributed by atoms with E-state index in [2.05, 4.69) is 10.4 Å². The lowest BCUT2D eigenvalue weighted by atomic mass is 10.0. The van der Waals surface area contributed by atoms with Crippen LogP contribution in [-0.4, -0.2) is 28.8 Å². The number of carbonyl (C=O) groups excluding carboxylic acids is 1. The Labute approximate surface area is 122 Å². The van der Waals surface area contributed by atoms with Crippen LogP contribution in [-0.2, 0) is 0 Å². The summed E-state index contributed by atoms with van der Waals surface area (Å²) in [5.41, 5.74) is 6.95. The van der Waals surface area contributed by atoms with Crippen LogP contribution in [0, 0.1) is 0 Å². The van der Waals surface area contributed by atoms with Gasteiger partial charge in [0.1, 0.15) is 17.1 Å². The first-order valence-electron chi connectivity index (χ1n) is 7.04. The second-order valence-corrected chi connectivity index (χ2v) is 4.95. The Balaban J connectivity index is 1.93. The van der Waals surface area contributed by atoms with Crippen molar-refractivity contribution in [2.45, 2.75) is 19.4 Å². The number of fused-ring (bicyclic) bond motifs is 1. The number of carbonyl (C=O) groups is 1. The van der Waals surface area contributed by atoms with Gasteiger partial charge in [0.05, 0.1) is 18.8 Å². The predicted octanol–water partition coefficient (Wildman–Crippen LogP) is 1.79. The van der Waals surface area contributed by atoms with Gasteiger partial charge in [0.2, 0.25) is 0 Å². The zero-order valence-electron chi connectivity index (χ0n) is 11.9. The van der Waals surface area contributed by atoms with Crippen molar-refractivity contribution in [1.82, 2.24) is 9.78 Å². The van der Waals surface area contributed by atoms with Gasteiger partial charge < -0.3 is 15.8 Å². The minimum atomic E-state index is -0.462. The number of amides is 1. The molecule has 0 aliphatic carbocycles. The first-order valence-corrected chi connectivity index (χ1v) is 7.04. The van der Waals surface area contributed by atoms with Crippen molar-refractivity contribution in [3.63, 3.8) is 0 Å². The number of anilines is 1. The smallest absolute Gasteiger partial charge is 0.254 e. The van der Waals surface area contributed by atoms with Gasteiger partial charge in [0.15, 0.2) is 0 Å². The Kier molecular flexibility index (Phi) is 3.51. The second kappa shape index (κ2) is 5.47. The monoisotopic (exact) mass is 286 g/mol. The van der Waals surface area contributed by atoms with Gasteiger partial charge in [0.25, 0.3) is 5.91 Å². The number of primary amides is 1. The van der Waals surface area contributed by atoms with E-state index in [0.29, 0.717) is 18.0 Å². The molecule has 1 aromatic carbocycles. The number of rotatable bonds is 4. The van der Waals surface area contributed by atoms with Crippen molar-refractivity contribution in [3.05, 3.63) is 41.6 Å². The van der Waals surface area contributed by atoms with Crippen LogP contribution in [0.5, 0.6) is 5.75 Å². The third kappa shape index (κ3) is 2.44. The highest BCUT2D eigenvalue weighted by Crippen LogP contribution is 2.31. The van der Waals surface area contributed by atoms with E-state index in [1.807, 2.05) is 35.9 Å². The molecule has 6 nitrogen and oxygen atoms in total. The summed E-state index contributed by atoms with van der Waals surface area (Å²) >= 11 is 0. The summed E-state index contributed by atoms with van der Waals surface area (Å²) in [5, 5.41) is 7.52. The molecule has 110 valence electrons. The van der Waals surface area contributed by atoms with Crippen LogP contribution >= 0.6 is 0 Å². The Morgan fingerprint density at radius 3 is 2.90 bits per heavy atom. The number of aromatic nitrogens is 2. The number of hydrogen-bond acceptors (Lipinski definition) is 4. The third-order valence-electron chi connectivity index (χ3n) is 3.64.